The maximum absolute atomic E-state index is 5.67. The molecule has 100 valence electrons. The molecule has 0 saturated heterocycles. The van der Waals surface area contributed by atoms with Gasteiger partial charge >= 0.3 is 0 Å². The fourth-order valence-corrected chi connectivity index (χ4v) is 2.68. The fourth-order valence-electron chi connectivity index (χ4n) is 1.82. The molecule has 0 unspecified atom stereocenters. The molecule has 0 aliphatic carbocycles. The third kappa shape index (κ3) is 4.52. The van der Waals surface area contributed by atoms with Crippen LogP contribution in [-0.4, -0.2) is 12.9 Å². The van der Waals surface area contributed by atoms with Crippen LogP contribution in [0, 0.1) is 0 Å². The molecule has 2 aromatic carbocycles. The van der Waals surface area contributed by atoms with Crippen molar-refractivity contribution in [3.05, 3.63) is 54.1 Å². The van der Waals surface area contributed by atoms with Crippen LogP contribution >= 0.6 is 11.8 Å². The summed E-state index contributed by atoms with van der Waals surface area (Å²) >= 11 is 1.88. The zero-order valence-electron chi connectivity index (χ0n) is 11.1. The summed E-state index contributed by atoms with van der Waals surface area (Å²) in [5.74, 6) is 2.03. The van der Waals surface area contributed by atoms with Crippen molar-refractivity contribution >= 4 is 17.4 Å². The third-order valence-electron chi connectivity index (χ3n) is 2.92. The average Bonchev–Trinajstić information content (AvgIpc) is 2.46. The van der Waals surface area contributed by atoms with Crippen molar-refractivity contribution in [3.8, 4) is 5.75 Å². The minimum absolute atomic E-state index is 0.830. The average molecular weight is 273 g/mol. The lowest BCUT2D eigenvalue weighted by Crippen LogP contribution is -1.90. The van der Waals surface area contributed by atoms with Crippen LogP contribution in [0.25, 0.3) is 0 Å². The molecule has 0 saturated carbocycles. The van der Waals surface area contributed by atoms with E-state index in [-0.39, 0.29) is 0 Å². The van der Waals surface area contributed by atoms with Crippen LogP contribution in [0.1, 0.15) is 12.0 Å². The quantitative estimate of drug-likeness (QED) is 0.491. The number of rotatable bonds is 6. The van der Waals surface area contributed by atoms with Crippen LogP contribution in [0.2, 0.25) is 0 Å². The van der Waals surface area contributed by atoms with Gasteiger partial charge in [0.2, 0.25) is 0 Å². The Bertz CT molecular complexity index is 493. The molecule has 0 aliphatic rings. The molecule has 0 radical (unpaired) electrons. The second-order valence-electron chi connectivity index (χ2n) is 4.37. The van der Waals surface area contributed by atoms with E-state index in [1.165, 1.54) is 16.9 Å². The molecule has 19 heavy (non-hydrogen) atoms. The summed E-state index contributed by atoms with van der Waals surface area (Å²) in [5, 5.41) is 0. The number of anilines is 1. The Morgan fingerprint density at radius 1 is 1.00 bits per heavy atom. The van der Waals surface area contributed by atoms with Gasteiger partial charge < -0.3 is 10.5 Å². The van der Waals surface area contributed by atoms with Gasteiger partial charge in [0.1, 0.15) is 5.75 Å². The lowest BCUT2D eigenvalue weighted by Gasteiger charge is -2.04. The molecule has 0 amide bonds. The Balaban J connectivity index is 1.72. The number of ether oxygens (including phenoxy) is 1. The van der Waals surface area contributed by atoms with E-state index in [1.54, 1.807) is 7.11 Å². The number of benzene rings is 2. The molecule has 2 nitrogen and oxygen atoms in total. The predicted molar refractivity (Wildman–Crippen MR) is 82.9 cm³/mol. The van der Waals surface area contributed by atoms with Crippen LogP contribution in [0.5, 0.6) is 5.75 Å². The van der Waals surface area contributed by atoms with E-state index in [1.807, 2.05) is 36.0 Å². The van der Waals surface area contributed by atoms with Gasteiger partial charge in [-0.05, 0) is 60.6 Å². The van der Waals surface area contributed by atoms with Crippen molar-refractivity contribution in [1.82, 2.24) is 0 Å². The first kappa shape index (κ1) is 13.8. The topological polar surface area (TPSA) is 35.2 Å². The molecule has 0 bridgehead atoms. The van der Waals surface area contributed by atoms with Crippen LogP contribution in [-0.2, 0) is 6.42 Å². The number of nitrogens with two attached hydrogens (primary N) is 1. The summed E-state index contributed by atoms with van der Waals surface area (Å²) in [6, 6.07) is 16.3. The van der Waals surface area contributed by atoms with E-state index >= 15 is 0 Å². The summed E-state index contributed by atoms with van der Waals surface area (Å²) in [6.45, 7) is 0. The van der Waals surface area contributed by atoms with Crippen LogP contribution in [0.15, 0.2) is 53.4 Å². The first-order valence-electron chi connectivity index (χ1n) is 6.39. The van der Waals surface area contributed by atoms with Gasteiger partial charge in [0, 0.05) is 10.6 Å². The summed E-state index contributed by atoms with van der Waals surface area (Å²) in [5.41, 5.74) is 7.85. The SMILES string of the molecule is COc1ccc(SCCCc2ccc(N)cc2)cc1. The molecular weight excluding hydrogens is 254 g/mol. The van der Waals surface area contributed by atoms with E-state index in [2.05, 4.69) is 24.3 Å². The first-order valence-corrected chi connectivity index (χ1v) is 7.38. The van der Waals surface area contributed by atoms with Gasteiger partial charge in [-0.2, -0.15) is 0 Å². The molecule has 0 aromatic heterocycles. The van der Waals surface area contributed by atoms with E-state index in [0.717, 1.165) is 23.6 Å². The van der Waals surface area contributed by atoms with Crippen molar-refractivity contribution in [2.45, 2.75) is 17.7 Å². The highest BCUT2D eigenvalue weighted by atomic mass is 32.2. The highest BCUT2D eigenvalue weighted by Gasteiger charge is 1.97. The zero-order valence-corrected chi connectivity index (χ0v) is 12.0. The number of nitrogen functional groups attached to an aromatic ring is 1. The Morgan fingerprint density at radius 3 is 2.32 bits per heavy atom. The summed E-state index contributed by atoms with van der Waals surface area (Å²) in [6.07, 6.45) is 2.27. The Morgan fingerprint density at radius 2 is 1.68 bits per heavy atom. The number of hydrogen-bond donors (Lipinski definition) is 1. The van der Waals surface area contributed by atoms with Crippen molar-refractivity contribution in [3.63, 3.8) is 0 Å². The maximum atomic E-state index is 5.67. The summed E-state index contributed by atoms with van der Waals surface area (Å²) < 4.78 is 5.14. The predicted octanol–water partition coefficient (Wildman–Crippen LogP) is 4.00. The number of methoxy groups -OCH3 is 1. The monoisotopic (exact) mass is 273 g/mol. The highest BCUT2D eigenvalue weighted by molar-refractivity contribution is 7.99. The molecule has 0 heterocycles. The second kappa shape index (κ2) is 7.10. The van der Waals surface area contributed by atoms with Gasteiger partial charge in [0.15, 0.2) is 0 Å². The Kier molecular flexibility index (Phi) is 5.16. The number of hydrogen-bond acceptors (Lipinski definition) is 3. The molecule has 2 N–H and O–H groups in total. The van der Waals surface area contributed by atoms with Crippen LogP contribution in [0.4, 0.5) is 5.69 Å². The maximum Gasteiger partial charge on any atom is 0.118 e. The molecule has 2 aromatic rings. The smallest absolute Gasteiger partial charge is 0.118 e. The van der Waals surface area contributed by atoms with Crippen molar-refractivity contribution in [2.75, 3.05) is 18.6 Å². The lowest BCUT2D eigenvalue weighted by molar-refractivity contribution is 0.414. The number of aryl methyl sites for hydroxylation is 1. The van der Waals surface area contributed by atoms with E-state index in [4.69, 9.17) is 10.5 Å². The summed E-state index contributed by atoms with van der Waals surface area (Å²) in [4.78, 5) is 1.29. The van der Waals surface area contributed by atoms with Gasteiger partial charge in [-0.15, -0.1) is 11.8 Å². The number of thioether (sulfide) groups is 1. The molecule has 3 heteroatoms. The fraction of sp³-hybridized carbons (Fsp3) is 0.250. The molecule has 2 rings (SSSR count). The van der Waals surface area contributed by atoms with Crippen molar-refractivity contribution < 1.29 is 4.74 Å². The molecule has 0 atom stereocenters. The molecule has 0 fully saturated rings. The Labute approximate surface area is 119 Å². The molecular formula is C16H19NOS. The largest absolute Gasteiger partial charge is 0.497 e. The lowest BCUT2D eigenvalue weighted by atomic mass is 10.1. The van der Waals surface area contributed by atoms with Crippen molar-refractivity contribution in [1.29, 1.82) is 0 Å². The molecule has 0 aliphatic heterocycles. The van der Waals surface area contributed by atoms with Crippen LogP contribution in [0.3, 0.4) is 0 Å². The van der Waals surface area contributed by atoms with Gasteiger partial charge in [-0.1, -0.05) is 12.1 Å². The standard InChI is InChI=1S/C16H19NOS/c1-18-15-8-10-16(11-9-15)19-12-2-3-13-4-6-14(17)7-5-13/h4-11H,2-3,12,17H2,1H3. The van der Waals surface area contributed by atoms with Gasteiger partial charge in [0.05, 0.1) is 7.11 Å². The van der Waals surface area contributed by atoms with Crippen LogP contribution < -0.4 is 10.5 Å². The van der Waals surface area contributed by atoms with Crippen molar-refractivity contribution in [2.24, 2.45) is 0 Å². The van der Waals surface area contributed by atoms with Gasteiger partial charge in [0.25, 0.3) is 0 Å². The third-order valence-corrected chi connectivity index (χ3v) is 4.02. The van der Waals surface area contributed by atoms with E-state index in [9.17, 15) is 0 Å². The van der Waals surface area contributed by atoms with E-state index in [0.29, 0.717) is 0 Å². The minimum atomic E-state index is 0.830. The van der Waals surface area contributed by atoms with Gasteiger partial charge in [-0.3, -0.25) is 0 Å². The van der Waals surface area contributed by atoms with Gasteiger partial charge in [-0.25, -0.2) is 0 Å². The Hall–Kier alpha value is -1.61. The van der Waals surface area contributed by atoms with E-state index < -0.39 is 0 Å². The second-order valence-corrected chi connectivity index (χ2v) is 5.54. The summed E-state index contributed by atoms with van der Waals surface area (Å²) in [7, 11) is 1.69. The zero-order chi connectivity index (χ0) is 13.5. The highest BCUT2D eigenvalue weighted by Crippen LogP contribution is 2.22. The normalized spacial score (nSPS) is 10.4. The first-order chi connectivity index (χ1) is 9.28. The minimum Gasteiger partial charge on any atom is -0.497 e. The molecule has 0 spiro atoms.